The van der Waals surface area contributed by atoms with Crippen molar-refractivity contribution in [3.63, 3.8) is 0 Å². The van der Waals surface area contributed by atoms with Gasteiger partial charge in [-0.25, -0.2) is 0 Å². The molecule has 0 aliphatic carbocycles. The normalized spacial score (nSPS) is 10.1. The highest BCUT2D eigenvalue weighted by molar-refractivity contribution is 7.80. The molecule has 1 aromatic heterocycles. The molecule has 50 valence electrons. The van der Waals surface area contributed by atoms with Gasteiger partial charge in [-0.1, -0.05) is 0 Å². The van der Waals surface area contributed by atoms with Crippen molar-refractivity contribution < 1.29 is 0 Å². The van der Waals surface area contributed by atoms with Gasteiger partial charge in [0.05, 0.1) is 5.69 Å². The molecule has 1 aromatic rings. The molecule has 3 nitrogen and oxygen atoms in total. The van der Waals surface area contributed by atoms with Crippen molar-refractivity contribution in [3.8, 4) is 0 Å². The van der Waals surface area contributed by atoms with Crippen molar-refractivity contribution in [2.75, 3.05) is 0 Å². The van der Waals surface area contributed by atoms with E-state index in [0.29, 0.717) is 6.54 Å². The van der Waals surface area contributed by atoms with Gasteiger partial charge in [0.25, 0.3) is 0 Å². The number of nitrogens with two attached hydrogens (primary N) is 1. The first kappa shape index (κ1) is 6.64. The van der Waals surface area contributed by atoms with Crippen LogP contribution in [-0.4, -0.2) is 9.78 Å². The molecule has 0 amide bonds. The Kier molecular flexibility index (Phi) is 1.78. The van der Waals surface area contributed by atoms with Gasteiger partial charge >= 0.3 is 0 Å². The van der Waals surface area contributed by atoms with Crippen LogP contribution in [0.3, 0.4) is 0 Å². The van der Waals surface area contributed by atoms with Crippen LogP contribution in [0.1, 0.15) is 5.69 Å². The Bertz CT molecular complexity index is 206. The minimum absolute atomic E-state index is 0.458. The first-order valence-electron chi connectivity index (χ1n) is 2.65. The van der Waals surface area contributed by atoms with Crippen molar-refractivity contribution in [2.24, 2.45) is 12.8 Å². The fraction of sp³-hybridized carbons (Fsp3) is 0.400. The van der Waals surface area contributed by atoms with Crippen molar-refractivity contribution in [2.45, 2.75) is 11.4 Å². The quantitative estimate of drug-likeness (QED) is 0.550. The van der Waals surface area contributed by atoms with Crippen LogP contribution in [-0.2, 0) is 13.6 Å². The number of aromatic nitrogens is 2. The topological polar surface area (TPSA) is 43.8 Å². The lowest BCUT2D eigenvalue weighted by Crippen LogP contribution is -1.98. The van der Waals surface area contributed by atoms with Crippen molar-refractivity contribution in [1.29, 1.82) is 0 Å². The van der Waals surface area contributed by atoms with E-state index in [4.69, 9.17) is 5.73 Å². The highest BCUT2D eigenvalue weighted by Crippen LogP contribution is 2.08. The van der Waals surface area contributed by atoms with Crippen LogP contribution < -0.4 is 5.73 Å². The molecule has 0 aliphatic rings. The second kappa shape index (κ2) is 2.41. The lowest BCUT2D eigenvalue weighted by molar-refractivity contribution is 0.742. The Hall–Kier alpha value is -0.480. The fourth-order valence-corrected chi connectivity index (χ4v) is 0.970. The predicted octanol–water partition coefficient (Wildman–Crippen LogP) is 0.168. The number of hydrogen-bond donors (Lipinski definition) is 2. The zero-order chi connectivity index (χ0) is 6.85. The molecule has 2 N–H and O–H groups in total. The molecule has 0 fully saturated rings. The van der Waals surface area contributed by atoms with E-state index in [2.05, 4.69) is 17.7 Å². The summed E-state index contributed by atoms with van der Waals surface area (Å²) in [6, 6.07) is 0. The molecule has 4 heteroatoms. The number of rotatable bonds is 1. The molecule has 1 heterocycles. The second-order valence-corrected chi connectivity index (χ2v) is 2.32. The highest BCUT2D eigenvalue weighted by atomic mass is 32.1. The van der Waals surface area contributed by atoms with Crippen LogP contribution in [0, 0.1) is 0 Å². The monoisotopic (exact) mass is 143 g/mol. The Labute approximate surface area is 59.3 Å². The van der Waals surface area contributed by atoms with Gasteiger partial charge in [-0.15, -0.1) is 12.6 Å². The summed E-state index contributed by atoms with van der Waals surface area (Å²) in [6.45, 7) is 0.458. The number of thiol groups is 1. The largest absolute Gasteiger partial charge is 0.325 e. The molecule has 0 atom stereocenters. The fourth-order valence-electron chi connectivity index (χ4n) is 0.667. The zero-order valence-electron chi connectivity index (χ0n) is 5.20. The van der Waals surface area contributed by atoms with Crippen molar-refractivity contribution >= 4 is 12.6 Å². The summed E-state index contributed by atoms with van der Waals surface area (Å²) in [5.41, 5.74) is 6.19. The van der Waals surface area contributed by atoms with Gasteiger partial charge in [0.2, 0.25) is 0 Å². The first-order chi connectivity index (χ1) is 4.24. The third-order valence-corrected chi connectivity index (χ3v) is 1.45. The molecule has 0 aromatic carbocycles. The van der Waals surface area contributed by atoms with Crippen LogP contribution >= 0.6 is 12.6 Å². The summed E-state index contributed by atoms with van der Waals surface area (Å²) in [6.07, 6.45) is 1.82. The molecule has 0 saturated heterocycles. The number of hydrogen-bond acceptors (Lipinski definition) is 3. The zero-order valence-corrected chi connectivity index (χ0v) is 6.10. The summed E-state index contributed by atoms with van der Waals surface area (Å²) in [4.78, 5) is 0.861. The standard InChI is InChI=1S/C5H9N3S/c1-8-3-5(9)4(2-6)7-8/h3,9H,2,6H2,1H3. The Balaban J connectivity index is 3.01. The Morgan fingerprint density at radius 2 is 2.56 bits per heavy atom. The minimum atomic E-state index is 0.458. The smallest absolute Gasteiger partial charge is 0.0893 e. The number of nitrogens with zero attached hydrogens (tertiary/aromatic N) is 2. The maximum Gasteiger partial charge on any atom is 0.0893 e. The van der Waals surface area contributed by atoms with E-state index >= 15 is 0 Å². The molecule has 0 unspecified atom stereocenters. The maximum absolute atomic E-state index is 5.34. The van der Waals surface area contributed by atoms with E-state index in [1.165, 1.54) is 0 Å². The lowest BCUT2D eigenvalue weighted by atomic mass is 10.4. The number of aryl methyl sites for hydroxylation is 1. The molecular formula is C5H9N3S. The average Bonchev–Trinajstić information content (AvgIpc) is 2.10. The highest BCUT2D eigenvalue weighted by Gasteiger charge is 1.98. The van der Waals surface area contributed by atoms with E-state index in [1.54, 1.807) is 4.68 Å². The Morgan fingerprint density at radius 1 is 1.89 bits per heavy atom. The van der Waals surface area contributed by atoms with Crippen molar-refractivity contribution in [1.82, 2.24) is 9.78 Å². The van der Waals surface area contributed by atoms with Gasteiger partial charge in [0, 0.05) is 24.7 Å². The third kappa shape index (κ3) is 1.25. The Morgan fingerprint density at radius 3 is 2.78 bits per heavy atom. The van der Waals surface area contributed by atoms with Crippen LogP contribution in [0.5, 0.6) is 0 Å². The molecule has 1 rings (SSSR count). The average molecular weight is 143 g/mol. The predicted molar refractivity (Wildman–Crippen MR) is 38.4 cm³/mol. The van der Waals surface area contributed by atoms with Gasteiger partial charge in [-0.2, -0.15) is 5.10 Å². The molecule has 0 aliphatic heterocycles. The molecular weight excluding hydrogens is 134 g/mol. The van der Waals surface area contributed by atoms with Gasteiger partial charge < -0.3 is 5.73 Å². The second-order valence-electron chi connectivity index (χ2n) is 1.84. The van der Waals surface area contributed by atoms with E-state index in [-0.39, 0.29) is 0 Å². The van der Waals surface area contributed by atoms with Crippen LogP contribution in [0.4, 0.5) is 0 Å². The van der Waals surface area contributed by atoms with Gasteiger partial charge in [0.15, 0.2) is 0 Å². The van der Waals surface area contributed by atoms with Crippen LogP contribution in [0.25, 0.3) is 0 Å². The van der Waals surface area contributed by atoms with Crippen LogP contribution in [0.15, 0.2) is 11.1 Å². The summed E-state index contributed by atoms with van der Waals surface area (Å²) < 4.78 is 1.70. The van der Waals surface area contributed by atoms with Crippen molar-refractivity contribution in [3.05, 3.63) is 11.9 Å². The molecule has 9 heavy (non-hydrogen) atoms. The summed E-state index contributed by atoms with van der Waals surface area (Å²) in [5, 5.41) is 4.04. The van der Waals surface area contributed by atoms with Crippen LogP contribution in [0.2, 0.25) is 0 Å². The molecule has 0 bridgehead atoms. The van der Waals surface area contributed by atoms with Gasteiger partial charge in [-0.3, -0.25) is 4.68 Å². The molecule has 0 radical (unpaired) electrons. The first-order valence-corrected chi connectivity index (χ1v) is 3.10. The lowest BCUT2D eigenvalue weighted by Gasteiger charge is -1.86. The third-order valence-electron chi connectivity index (χ3n) is 1.08. The SMILES string of the molecule is Cn1cc(S)c(CN)n1. The maximum atomic E-state index is 5.34. The summed E-state index contributed by atoms with van der Waals surface area (Å²) >= 11 is 4.14. The van der Waals surface area contributed by atoms with Gasteiger partial charge in [0.1, 0.15) is 0 Å². The van der Waals surface area contributed by atoms with E-state index in [0.717, 1.165) is 10.6 Å². The summed E-state index contributed by atoms with van der Waals surface area (Å²) in [7, 11) is 1.85. The van der Waals surface area contributed by atoms with E-state index in [9.17, 15) is 0 Å². The van der Waals surface area contributed by atoms with Gasteiger partial charge in [-0.05, 0) is 0 Å². The summed E-state index contributed by atoms with van der Waals surface area (Å²) in [5.74, 6) is 0. The molecule has 0 spiro atoms. The molecule has 0 saturated carbocycles. The minimum Gasteiger partial charge on any atom is -0.325 e. The van der Waals surface area contributed by atoms with E-state index in [1.807, 2.05) is 13.2 Å². The van der Waals surface area contributed by atoms with E-state index < -0.39 is 0 Å².